The van der Waals surface area contributed by atoms with E-state index in [9.17, 15) is 10.2 Å². The second kappa shape index (κ2) is 11.6. The first-order valence-corrected chi connectivity index (χ1v) is 10.9. The molecule has 0 fully saturated rings. The van der Waals surface area contributed by atoms with Crippen LogP contribution < -0.4 is 9.47 Å². The average molecular weight is 426 g/mol. The number of hydrogen-bond acceptors (Lipinski definition) is 6. The standard InChI is InChI=1S/C23H28N4O2S/c28-16-14-26(15-17-29)20-9-7-19(8-10-20)24-25-22-11-13-27(12-3-4-18-30)23-6-2-1-5-21(22)23/h1-2,5-11,13,28-29H,3-4,12,14-18H2/p+1. The van der Waals surface area contributed by atoms with E-state index in [1.807, 2.05) is 47.4 Å². The van der Waals surface area contributed by atoms with Crippen LogP contribution in [0.3, 0.4) is 0 Å². The molecule has 30 heavy (non-hydrogen) atoms. The number of benzene rings is 2. The van der Waals surface area contributed by atoms with Crippen molar-refractivity contribution in [2.24, 2.45) is 10.2 Å². The average Bonchev–Trinajstić information content (AvgIpc) is 2.79. The van der Waals surface area contributed by atoms with Crippen molar-refractivity contribution in [1.82, 2.24) is 0 Å². The highest BCUT2D eigenvalue weighted by Crippen LogP contribution is 2.26. The first kappa shape index (κ1) is 22.2. The summed E-state index contributed by atoms with van der Waals surface area (Å²) < 4.78 is 2.25. The summed E-state index contributed by atoms with van der Waals surface area (Å²) >= 11 is 4.30. The number of pyridine rings is 1. The van der Waals surface area contributed by atoms with E-state index in [1.54, 1.807) is 0 Å². The van der Waals surface area contributed by atoms with Crippen LogP contribution in [0.4, 0.5) is 17.1 Å². The highest BCUT2D eigenvalue weighted by atomic mass is 32.1. The zero-order valence-corrected chi connectivity index (χ0v) is 18.0. The molecule has 0 aliphatic carbocycles. The first-order valence-electron chi connectivity index (χ1n) is 10.3. The molecule has 2 aromatic carbocycles. The van der Waals surface area contributed by atoms with Gasteiger partial charge in [-0.25, -0.2) is 0 Å². The summed E-state index contributed by atoms with van der Waals surface area (Å²) in [7, 11) is 0. The lowest BCUT2D eigenvalue weighted by Crippen LogP contribution is -2.34. The molecular weight excluding hydrogens is 396 g/mol. The van der Waals surface area contributed by atoms with E-state index in [2.05, 4.69) is 45.8 Å². The Kier molecular flexibility index (Phi) is 8.62. The van der Waals surface area contributed by atoms with Gasteiger partial charge in [-0.2, -0.15) is 22.3 Å². The van der Waals surface area contributed by atoms with Crippen LogP contribution in [0.2, 0.25) is 0 Å². The molecule has 0 saturated carbocycles. The molecule has 158 valence electrons. The molecular formula is C23H29N4O2S+. The summed E-state index contributed by atoms with van der Waals surface area (Å²) in [5.74, 6) is 0.904. The number of aliphatic hydroxyl groups is 2. The summed E-state index contributed by atoms with van der Waals surface area (Å²) in [6.07, 6.45) is 4.25. The van der Waals surface area contributed by atoms with Gasteiger partial charge in [-0.3, -0.25) is 0 Å². The molecule has 3 aromatic rings. The summed E-state index contributed by atoms with van der Waals surface area (Å²) in [6, 6.07) is 17.9. The minimum absolute atomic E-state index is 0.0389. The minimum Gasteiger partial charge on any atom is -0.395 e. The van der Waals surface area contributed by atoms with Gasteiger partial charge < -0.3 is 15.1 Å². The molecule has 0 aliphatic rings. The van der Waals surface area contributed by atoms with Crippen molar-refractivity contribution in [2.75, 3.05) is 37.0 Å². The molecule has 1 aromatic heterocycles. The molecule has 3 rings (SSSR count). The Bertz CT molecular complexity index is 957. The summed E-state index contributed by atoms with van der Waals surface area (Å²) in [5.41, 5.74) is 3.67. The molecule has 0 unspecified atom stereocenters. The van der Waals surface area contributed by atoms with Gasteiger partial charge in [0, 0.05) is 37.3 Å². The Morgan fingerprint density at radius 1 is 0.867 bits per heavy atom. The molecule has 1 heterocycles. The number of thiol groups is 1. The number of unbranched alkanes of at least 4 members (excludes halogenated alkanes) is 1. The van der Waals surface area contributed by atoms with Gasteiger partial charge in [0.1, 0.15) is 12.2 Å². The number of hydrogen-bond donors (Lipinski definition) is 3. The van der Waals surface area contributed by atoms with Crippen LogP contribution in [-0.2, 0) is 6.54 Å². The van der Waals surface area contributed by atoms with Crippen molar-refractivity contribution in [3.8, 4) is 0 Å². The van der Waals surface area contributed by atoms with Crippen LogP contribution in [0, 0.1) is 0 Å². The number of aryl methyl sites for hydroxylation is 1. The van der Waals surface area contributed by atoms with E-state index in [0.29, 0.717) is 13.1 Å². The van der Waals surface area contributed by atoms with Crippen LogP contribution in [0.15, 0.2) is 71.0 Å². The predicted octanol–water partition coefficient (Wildman–Crippen LogP) is 4.04. The van der Waals surface area contributed by atoms with E-state index in [4.69, 9.17) is 0 Å². The van der Waals surface area contributed by atoms with Crippen molar-refractivity contribution in [3.63, 3.8) is 0 Å². The number of aliphatic hydroxyl groups excluding tert-OH is 2. The largest absolute Gasteiger partial charge is 0.395 e. The summed E-state index contributed by atoms with van der Waals surface area (Å²) in [6.45, 7) is 1.99. The van der Waals surface area contributed by atoms with Gasteiger partial charge in [0.25, 0.3) is 0 Å². The fourth-order valence-corrected chi connectivity index (χ4v) is 3.62. The number of azo groups is 1. The van der Waals surface area contributed by atoms with E-state index < -0.39 is 0 Å². The lowest BCUT2D eigenvalue weighted by atomic mass is 10.2. The van der Waals surface area contributed by atoms with E-state index in [1.165, 1.54) is 0 Å². The van der Waals surface area contributed by atoms with E-state index in [0.717, 1.165) is 53.1 Å². The lowest BCUT2D eigenvalue weighted by molar-refractivity contribution is -0.671. The van der Waals surface area contributed by atoms with Crippen molar-refractivity contribution in [3.05, 3.63) is 60.8 Å². The second-order valence-corrected chi connectivity index (χ2v) is 7.44. The van der Waals surface area contributed by atoms with Gasteiger partial charge >= 0.3 is 0 Å². The SMILES string of the molecule is OCCN(CCO)c1ccc(N=Nc2cc[n+](CCCCS)c3ccccc23)cc1. The summed E-state index contributed by atoms with van der Waals surface area (Å²) in [5, 5.41) is 28.4. The Morgan fingerprint density at radius 3 is 2.30 bits per heavy atom. The predicted molar refractivity (Wildman–Crippen MR) is 124 cm³/mol. The van der Waals surface area contributed by atoms with Gasteiger partial charge in [0.05, 0.1) is 24.3 Å². The zero-order valence-electron chi connectivity index (χ0n) is 17.1. The third-order valence-electron chi connectivity index (χ3n) is 4.94. The number of rotatable bonds is 11. The maximum atomic E-state index is 9.19. The molecule has 0 atom stereocenters. The topological polar surface area (TPSA) is 72.3 Å². The van der Waals surface area contributed by atoms with E-state index >= 15 is 0 Å². The van der Waals surface area contributed by atoms with Crippen molar-refractivity contribution >= 4 is 40.6 Å². The minimum atomic E-state index is 0.0389. The molecule has 0 saturated heterocycles. The smallest absolute Gasteiger partial charge is 0.214 e. The van der Waals surface area contributed by atoms with Crippen molar-refractivity contribution < 1.29 is 14.8 Å². The Hall–Kier alpha value is -2.48. The van der Waals surface area contributed by atoms with Crippen molar-refractivity contribution in [2.45, 2.75) is 19.4 Å². The van der Waals surface area contributed by atoms with Gasteiger partial charge in [-0.05, 0) is 42.5 Å². The Labute approximate surface area is 182 Å². The molecule has 0 amide bonds. The van der Waals surface area contributed by atoms with Crippen LogP contribution >= 0.6 is 12.6 Å². The number of nitrogens with zero attached hydrogens (tertiary/aromatic N) is 4. The lowest BCUT2D eigenvalue weighted by Gasteiger charge is -2.22. The van der Waals surface area contributed by atoms with Crippen LogP contribution in [-0.4, -0.2) is 42.3 Å². The summed E-state index contributed by atoms with van der Waals surface area (Å²) in [4.78, 5) is 1.93. The van der Waals surface area contributed by atoms with Gasteiger partial charge in [-0.15, -0.1) is 5.11 Å². The normalized spacial score (nSPS) is 11.4. The second-order valence-electron chi connectivity index (χ2n) is 6.99. The zero-order chi connectivity index (χ0) is 21.2. The van der Waals surface area contributed by atoms with Crippen LogP contribution in [0.1, 0.15) is 12.8 Å². The molecule has 6 nitrogen and oxygen atoms in total. The van der Waals surface area contributed by atoms with Crippen LogP contribution in [0.25, 0.3) is 10.9 Å². The fourth-order valence-electron chi connectivity index (χ4n) is 3.40. The Balaban J connectivity index is 1.79. The molecule has 0 bridgehead atoms. The van der Waals surface area contributed by atoms with Gasteiger partial charge in [-0.1, -0.05) is 12.1 Å². The van der Waals surface area contributed by atoms with E-state index in [-0.39, 0.29) is 13.2 Å². The Morgan fingerprint density at radius 2 is 1.60 bits per heavy atom. The third-order valence-corrected chi connectivity index (χ3v) is 5.25. The highest BCUT2D eigenvalue weighted by Gasteiger charge is 2.12. The molecule has 0 spiro atoms. The number of para-hydroxylation sites is 1. The third kappa shape index (κ3) is 5.78. The molecule has 0 radical (unpaired) electrons. The first-order chi connectivity index (χ1) is 14.8. The van der Waals surface area contributed by atoms with Crippen molar-refractivity contribution in [1.29, 1.82) is 0 Å². The van der Waals surface area contributed by atoms with Crippen LogP contribution in [0.5, 0.6) is 0 Å². The quantitative estimate of drug-likeness (QED) is 0.188. The molecule has 7 heteroatoms. The maximum absolute atomic E-state index is 9.19. The molecule has 2 N–H and O–H groups in total. The fraction of sp³-hybridized carbons (Fsp3) is 0.348. The van der Waals surface area contributed by atoms with Gasteiger partial charge in [0.2, 0.25) is 5.52 Å². The number of fused-ring (bicyclic) bond motifs is 1. The highest BCUT2D eigenvalue weighted by molar-refractivity contribution is 7.80. The monoisotopic (exact) mass is 425 g/mol. The van der Waals surface area contributed by atoms with Gasteiger partial charge in [0.15, 0.2) is 6.20 Å². The number of aromatic nitrogens is 1. The molecule has 0 aliphatic heterocycles. The maximum Gasteiger partial charge on any atom is 0.214 e. The number of anilines is 1.